The van der Waals surface area contributed by atoms with Crippen molar-refractivity contribution in [1.82, 2.24) is 4.72 Å². The van der Waals surface area contributed by atoms with Gasteiger partial charge in [0.2, 0.25) is 15.8 Å². The normalized spacial score (nSPS) is 12.6. The molecule has 28 heavy (non-hydrogen) atoms. The van der Waals surface area contributed by atoms with Crippen LogP contribution in [-0.2, 0) is 14.8 Å². The predicted octanol–water partition coefficient (Wildman–Crippen LogP) is 3.42. The van der Waals surface area contributed by atoms with Crippen molar-refractivity contribution in [2.24, 2.45) is 0 Å². The van der Waals surface area contributed by atoms with Crippen LogP contribution in [0, 0.1) is 13.8 Å². The van der Waals surface area contributed by atoms with Crippen LogP contribution in [0.15, 0.2) is 47.4 Å². The van der Waals surface area contributed by atoms with Gasteiger partial charge in [-0.15, -0.1) is 0 Å². The predicted molar refractivity (Wildman–Crippen MR) is 107 cm³/mol. The van der Waals surface area contributed by atoms with Gasteiger partial charge >= 0.3 is 5.97 Å². The van der Waals surface area contributed by atoms with Gasteiger partial charge in [0.25, 0.3) is 0 Å². The maximum atomic E-state index is 12.5. The standard InChI is InChI=1S/C21H25NO5S/c1-13(2)22-28(25,26)19-10-8-17(9-11-19)21(24)27-16(5)20(23)18-7-6-14(3)15(4)12-18/h6-13,16,22H,1-5H3. The highest BCUT2D eigenvalue weighted by Gasteiger charge is 2.22. The second kappa shape index (κ2) is 8.67. The van der Waals surface area contributed by atoms with Crippen molar-refractivity contribution in [3.05, 3.63) is 64.7 Å². The summed E-state index contributed by atoms with van der Waals surface area (Å²) in [6, 6.07) is 10.5. The van der Waals surface area contributed by atoms with Gasteiger partial charge in [-0.3, -0.25) is 4.79 Å². The Bertz CT molecular complexity index is 978. The van der Waals surface area contributed by atoms with E-state index < -0.39 is 22.1 Å². The number of hydrogen-bond acceptors (Lipinski definition) is 5. The van der Waals surface area contributed by atoms with Crippen molar-refractivity contribution in [2.45, 2.75) is 51.7 Å². The first-order chi connectivity index (χ1) is 13.0. The number of carbonyl (C=O) groups excluding carboxylic acids is 2. The van der Waals surface area contributed by atoms with E-state index in [0.29, 0.717) is 5.56 Å². The SMILES string of the molecule is Cc1ccc(C(=O)C(C)OC(=O)c2ccc(S(=O)(=O)NC(C)C)cc2)cc1C. The molecule has 150 valence electrons. The fourth-order valence-corrected chi connectivity index (χ4v) is 3.81. The number of nitrogens with one attached hydrogen (secondary N) is 1. The molecule has 1 N–H and O–H groups in total. The zero-order valence-electron chi connectivity index (χ0n) is 16.6. The number of carbonyl (C=O) groups is 2. The first-order valence-corrected chi connectivity index (χ1v) is 10.4. The average molecular weight is 404 g/mol. The van der Waals surface area contributed by atoms with E-state index in [0.717, 1.165) is 11.1 Å². The summed E-state index contributed by atoms with van der Waals surface area (Å²) in [5.41, 5.74) is 2.70. The largest absolute Gasteiger partial charge is 0.451 e. The van der Waals surface area contributed by atoms with Crippen LogP contribution in [0.5, 0.6) is 0 Å². The third-order valence-electron chi connectivity index (χ3n) is 4.24. The molecule has 6 nitrogen and oxygen atoms in total. The summed E-state index contributed by atoms with van der Waals surface area (Å²) in [4.78, 5) is 24.9. The quantitative estimate of drug-likeness (QED) is 0.565. The molecule has 1 unspecified atom stereocenters. The molecule has 0 aliphatic rings. The summed E-state index contributed by atoms with van der Waals surface area (Å²) >= 11 is 0. The Labute approximate surface area is 166 Å². The minimum absolute atomic E-state index is 0.0528. The van der Waals surface area contributed by atoms with Crippen LogP contribution in [0.25, 0.3) is 0 Å². The van der Waals surface area contributed by atoms with E-state index in [-0.39, 0.29) is 22.3 Å². The number of hydrogen-bond donors (Lipinski definition) is 1. The van der Waals surface area contributed by atoms with Gasteiger partial charge in [0.05, 0.1) is 10.5 Å². The summed E-state index contributed by atoms with van der Waals surface area (Å²) in [7, 11) is -3.64. The molecule has 0 aliphatic heterocycles. The number of ketones is 1. The third kappa shape index (κ3) is 5.27. The number of sulfonamides is 1. The summed E-state index contributed by atoms with van der Waals surface area (Å²) < 4.78 is 32.0. The smallest absolute Gasteiger partial charge is 0.338 e. The van der Waals surface area contributed by atoms with Crippen LogP contribution in [0.1, 0.15) is 52.6 Å². The van der Waals surface area contributed by atoms with Gasteiger partial charge in [-0.05, 0) is 76.1 Å². The average Bonchev–Trinajstić information content (AvgIpc) is 2.62. The van der Waals surface area contributed by atoms with Crippen LogP contribution in [-0.4, -0.2) is 32.3 Å². The number of esters is 1. The molecule has 0 saturated heterocycles. The van der Waals surface area contributed by atoms with Crippen LogP contribution in [0.2, 0.25) is 0 Å². The van der Waals surface area contributed by atoms with Crippen molar-refractivity contribution in [3.8, 4) is 0 Å². The summed E-state index contributed by atoms with van der Waals surface area (Å²) in [5.74, 6) is -0.984. The highest BCUT2D eigenvalue weighted by molar-refractivity contribution is 7.89. The zero-order chi connectivity index (χ0) is 21.1. The fraction of sp³-hybridized carbons (Fsp3) is 0.333. The topological polar surface area (TPSA) is 89.5 Å². The molecule has 0 aliphatic carbocycles. The number of ether oxygens (including phenoxy) is 1. The van der Waals surface area contributed by atoms with E-state index in [1.165, 1.54) is 31.2 Å². The molecule has 0 bridgehead atoms. The third-order valence-corrected chi connectivity index (χ3v) is 5.91. The Hall–Kier alpha value is -2.51. The monoisotopic (exact) mass is 403 g/mol. The second-order valence-electron chi connectivity index (χ2n) is 7.01. The molecule has 0 spiro atoms. The molecule has 0 saturated carbocycles. The van der Waals surface area contributed by atoms with E-state index in [2.05, 4.69) is 4.72 Å². The fourth-order valence-electron chi connectivity index (χ4n) is 2.56. The van der Waals surface area contributed by atoms with Crippen molar-refractivity contribution in [3.63, 3.8) is 0 Å². The second-order valence-corrected chi connectivity index (χ2v) is 8.73. The first-order valence-electron chi connectivity index (χ1n) is 8.96. The summed E-state index contributed by atoms with van der Waals surface area (Å²) in [6.07, 6.45) is -0.958. The maximum Gasteiger partial charge on any atom is 0.338 e. The van der Waals surface area contributed by atoms with Gasteiger partial charge in [-0.2, -0.15) is 0 Å². The molecule has 0 fully saturated rings. The van der Waals surface area contributed by atoms with Crippen molar-refractivity contribution >= 4 is 21.8 Å². The lowest BCUT2D eigenvalue weighted by Crippen LogP contribution is -2.30. The molecule has 2 aromatic rings. The van der Waals surface area contributed by atoms with E-state index in [9.17, 15) is 18.0 Å². The Morgan fingerprint density at radius 1 is 0.893 bits per heavy atom. The Morgan fingerprint density at radius 3 is 2.00 bits per heavy atom. The minimum Gasteiger partial charge on any atom is -0.451 e. The van der Waals surface area contributed by atoms with Crippen LogP contribution in [0.4, 0.5) is 0 Å². The molecule has 2 aromatic carbocycles. The zero-order valence-corrected chi connectivity index (χ0v) is 17.5. The van der Waals surface area contributed by atoms with E-state index >= 15 is 0 Å². The number of rotatable bonds is 7. The lowest BCUT2D eigenvalue weighted by atomic mass is 10.0. The maximum absolute atomic E-state index is 12.5. The Balaban J connectivity index is 2.09. The highest BCUT2D eigenvalue weighted by atomic mass is 32.2. The van der Waals surface area contributed by atoms with E-state index in [4.69, 9.17) is 4.74 Å². The van der Waals surface area contributed by atoms with Crippen molar-refractivity contribution in [1.29, 1.82) is 0 Å². The molecule has 0 amide bonds. The minimum atomic E-state index is -3.64. The van der Waals surface area contributed by atoms with Crippen LogP contribution in [0.3, 0.4) is 0 Å². The molecule has 2 rings (SSSR count). The van der Waals surface area contributed by atoms with Gasteiger partial charge in [0.1, 0.15) is 0 Å². The van der Waals surface area contributed by atoms with Crippen LogP contribution >= 0.6 is 0 Å². The first kappa shape index (κ1) is 21.8. The Kier molecular flexibility index (Phi) is 6.74. The van der Waals surface area contributed by atoms with Gasteiger partial charge < -0.3 is 4.74 Å². The van der Waals surface area contributed by atoms with Gasteiger partial charge in [0, 0.05) is 11.6 Å². The van der Waals surface area contributed by atoms with E-state index in [1.807, 2.05) is 19.9 Å². The van der Waals surface area contributed by atoms with Crippen molar-refractivity contribution in [2.75, 3.05) is 0 Å². The van der Waals surface area contributed by atoms with Gasteiger partial charge in [-0.25, -0.2) is 17.9 Å². The molecule has 0 aromatic heterocycles. The molecule has 0 heterocycles. The van der Waals surface area contributed by atoms with E-state index in [1.54, 1.807) is 26.0 Å². The highest BCUT2D eigenvalue weighted by Crippen LogP contribution is 2.16. The van der Waals surface area contributed by atoms with Gasteiger partial charge in [-0.1, -0.05) is 12.1 Å². The summed E-state index contributed by atoms with van der Waals surface area (Å²) in [5, 5.41) is 0. The molecular weight excluding hydrogens is 378 g/mol. The molecular formula is C21H25NO5S. The van der Waals surface area contributed by atoms with Gasteiger partial charge in [0.15, 0.2) is 6.10 Å². The lowest BCUT2D eigenvalue weighted by molar-refractivity contribution is 0.0318. The van der Waals surface area contributed by atoms with Crippen LogP contribution < -0.4 is 4.72 Å². The number of Topliss-reactive ketones (excluding diaryl/α,β-unsaturated/α-hetero) is 1. The lowest BCUT2D eigenvalue weighted by Gasteiger charge is -2.14. The van der Waals surface area contributed by atoms with Crippen molar-refractivity contribution < 1.29 is 22.7 Å². The Morgan fingerprint density at radius 2 is 1.46 bits per heavy atom. The summed E-state index contributed by atoms with van der Waals surface area (Å²) in [6.45, 7) is 8.81. The molecule has 1 atom stereocenters. The number of benzene rings is 2. The number of aryl methyl sites for hydroxylation is 2. The molecule has 0 radical (unpaired) electrons. The molecule has 7 heteroatoms.